The van der Waals surface area contributed by atoms with E-state index in [2.05, 4.69) is 17.3 Å². The molecule has 1 saturated carbocycles. The van der Waals surface area contributed by atoms with Crippen LogP contribution in [0.1, 0.15) is 45.4 Å². The lowest BCUT2D eigenvalue weighted by molar-refractivity contribution is 0.276. The fraction of sp³-hybridized carbons (Fsp3) is 0.786. The van der Waals surface area contributed by atoms with Crippen LogP contribution in [-0.2, 0) is 6.54 Å². The summed E-state index contributed by atoms with van der Waals surface area (Å²) in [5.74, 6) is 1.00. The monoisotopic (exact) mass is 235 g/mol. The van der Waals surface area contributed by atoms with E-state index in [1.807, 2.05) is 23.1 Å². The second-order valence-electron chi connectivity index (χ2n) is 5.23. The van der Waals surface area contributed by atoms with Crippen molar-refractivity contribution in [2.24, 2.45) is 5.92 Å². The summed E-state index contributed by atoms with van der Waals surface area (Å²) in [4.78, 5) is 0. The highest BCUT2D eigenvalue weighted by atomic mass is 15.3. The lowest BCUT2D eigenvalue weighted by atomic mass is 9.83. The molecule has 0 spiro atoms. The Morgan fingerprint density at radius 2 is 2.12 bits per heavy atom. The third-order valence-corrected chi connectivity index (χ3v) is 3.88. The minimum absolute atomic E-state index is 0.749. The average molecular weight is 235 g/mol. The molecule has 1 aromatic heterocycles. The first-order valence-electron chi connectivity index (χ1n) is 7.09. The van der Waals surface area contributed by atoms with Crippen molar-refractivity contribution in [3.63, 3.8) is 0 Å². The summed E-state index contributed by atoms with van der Waals surface area (Å²) in [6.45, 7) is 4.33. The van der Waals surface area contributed by atoms with Crippen LogP contribution in [0.25, 0.3) is 0 Å². The number of rotatable bonds is 6. The molecule has 1 aliphatic rings. The molecule has 0 amide bonds. The normalized spacial score (nSPS) is 25.0. The SMILES string of the molecule is CCCC1CCC(NCCn2cccn2)CC1. The van der Waals surface area contributed by atoms with Gasteiger partial charge >= 0.3 is 0 Å². The summed E-state index contributed by atoms with van der Waals surface area (Å²) in [7, 11) is 0. The van der Waals surface area contributed by atoms with E-state index < -0.39 is 0 Å². The molecule has 17 heavy (non-hydrogen) atoms. The Morgan fingerprint density at radius 1 is 1.29 bits per heavy atom. The second-order valence-corrected chi connectivity index (χ2v) is 5.23. The van der Waals surface area contributed by atoms with Gasteiger partial charge in [0.05, 0.1) is 6.54 Å². The Hall–Kier alpha value is -0.830. The van der Waals surface area contributed by atoms with Crippen LogP contribution in [0.15, 0.2) is 18.5 Å². The molecule has 1 N–H and O–H groups in total. The molecular formula is C14H25N3. The van der Waals surface area contributed by atoms with Gasteiger partial charge in [-0.25, -0.2) is 0 Å². The van der Waals surface area contributed by atoms with Crippen LogP contribution in [0.4, 0.5) is 0 Å². The highest BCUT2D eigenvalue weighted by molar-refractivity contribution is 4.79. The predicted octanol–water partition coefficient (Wildman–Crippen LogP) is 2.83. The number of hydrogen-bond acceptors (Lipinski definition) is 2. The fourth-order valence-electron chi connectivity index (χ4n) is 2.88. The third kappa shape index (κ3) is 4.15. The van der Waals surface area contributed by atoms with Gasteiger partial charge in [0, 0.05) is 25.0 Å². The van der Waals surface area contributed by atoms with Gasteiger partial charge in [0.15, 0.2) is 0 Å². The molecule has 2 rings (SSSR count). The van der Waals surface area contributed by atoms with Gasteiger partial charge in [-0.05, 0) is 37.7 Å². The van der Waals surface area contributed by atoms with Crippen molar-refractivity contribution in [1.82, 2.24) is 15.1 Å². The van der Waals surface area contributed by atoms with Crippen LogP contribution in [0.3, 0.4) is 0 Å². The molecule has 0 aromatic carbocycles. The minimum Gasteiger partial charge on any atom is -0.312 e. The van der Waals surface area contributed by atoms with Gasteiger partial charge in [-0.15, -0.1) is 0 Å². The Kier molecular flexibility index (Phi) is 5.05. The third-order valence-electron chi connectivity index (χ3n) is 3.88. The zero-order valence-electron chi connectivity index (χ0n) is 10.9. The second kappa shape index (κ2) is 6.80. The first-order chi connectivity index (χ1) is 8.38. The van der Waals surface area contributed by atoms with Gasteiger partial charge in [0.2, 0.25) is 0 Å². The zero-order valence-corrected chi connectivity index (χ0v) is 10.9. The Morgan fingerprint density at radius 3 is 2.76 bits per heavy atom. The van der Waals surface area contributed by atoms with E-state index in [0.29, 0.717) is 0 Å². The molecule has 0 atom stereocenters. The number of nitrogens with one attached hydrogen (secondary N) is 1. The van der Waals surface area contributed by atoms with Gasteiger partial charge in [-0.2, -0.15) is 5.10 Å². The molecule has 0 unspecified atom stereocenters. The van der Waals surface area contributed by atoms with Crippen molar-refractivity contribution in [2.45, 2.75) is 58.0 Å². The van der Waals surface area contributed by atoms with Crippen molar-refractivity contribution in [3.8, 4) is 0 Å². The summed E-state index contributed by atoms with van der Waals surface area (Å²) < 4.78 is 2.00. The highest BCUT2D eigenvalue weighted by Gasteiger charge is 2.19. The number of aromatic nitrogens is 2. The largest absolute Gasteiger partial charge is 0.312 e. The van der Waals surface area contributed by atoms with Crippen LogP contribution >= 0.6 is 0 Å². The molecule has 0 bridgehead atoms. The van der Waals surface area contributed by atoms with Crippen molar-refractivity contribution in [2.75, 3.05) is 6.54 Å². The van der Waals surface area contributed by atoms with Gasteiger partial charge in [0.1, 0.15) is 0 Å². The molecule has 0 aliphatic heterocycles. The van der Waals surface area contributed by atoms with Gasteiger partial charge in [-0.3, -0.25) is 4.68 Å². The van der Waals surface area contributed by atoms with Crippen molar-refractivity contribution in [1.29, 1.82) is 0 Å². The maximum Gasteiger partial charge on any atom is 0.0534 e. The molecule has 3 heteroatoms. The topological polar surface area (TPSA) is 29.9 Å². The van der Waals surface area contributed by atoms with E-state index in [0.717, 1.165) is 25.0 Å². The van der Waals surface area contributed by atoms with Gasteiger partial charge in [0.25, 0.3) is 0 Å². The summed E-state index contributed by atoms with van der Waals surface area (Å²) in [6, 6.07) is 2.73. The van der Waals surface area contributed by atoms with Crippen molar-refractivity contribution < 1.29 is 0 Å². The standard InChI is InChI=1S/C14H25N3/c1-2-4-13-5-7-14(8-6-13)15-10-12-17-11-3-9-16-17/h3,9,11,13-15H,2,4-8,10,12H2,1H3. The molecule has 1 heterocycles. The van der Waals surface area contributed by atoms with Gasteiger partial charge in [-0.1, -0.05) is 19.8 Å². The van der Waals surface area contributed by atoms with Crippen LogP contribution in [-0.4, -0.2) is 22.4 Å². The zero-order chi connectivity index (χ0) is 11.9. The Bertz CT molecular complexity index is 286. The first kappa shape index (κ1) is 12.6. The Labute approximate surface area is 105 Å². The van der Waals surface area contributed by atoms with Crippen LogP contribution < -0.4 is 5.32 Å². The average Bonchev–Trinajstić information content (AvgIpc) is 2.85. The maximum atomic E-state index is 4.21. The molecule has 3 nitrogen and oxygen atoms in total. The van der Waals surface area contributed by atoms with Crippen LogP contribution in [0.2, 0.25) is 0 Å². The molecule has 1 fully saturated rings. The molecule has 0 radical (unpaired) electrons. The first-order valence-corrected chi connectivity index (χ1v) is 7.09. The lowest BCUT2D eigenvalue weighted by Crippen LogP contribution is -2.35. The number of hydrogen-bond donors (Lipinski definition) is 1. The lowest BCUT2D eigenvalue weighted by Gasteiger charge is -2.29. The molecule has 1 aromatic rings. The predicted molar refractivity (Wildman–Crippen MR) is 70.9 cm³/mol. The molecule has 1 aliphatic carbocycles. The molecule has 96 valence electrons. The van der Waals surface area contributed by atoms with Crippen LogP contribution in [0.5, 0.6) is 0 Å². The maximum absolute atomic E-state index is 4.21. The smallest absolute Gasteiger partial charge is 0.0534 e. The van der Waals surface area contributed by atoms with E-state index in [4.69, 9.17) is 0 Å². The highest BCUT2D eigenvalue weighted by Crippen LogP contribution is 2.27. The van der Waals surface area contributed by atoms with E-state index >= 15 is 0 Å². The summed E-state index contributed by atoms with van der Waals surface area (Å²) in [6.07, 6.45) is 12.2. The van der Waals surface area contributed by atoms with E-state index in [1.54, 1.807) is 0 Å². The van der Waals surface area contributed by atoms with E-state index in [9.17, 15) is 0 Å². The van der Waals surface area contributed by atoms with Crippen molar-refractivity contribution in [3.05, 3.63) is 18.5 Å². The number of nitrogens with zero attached hydrogens (tertiary/aromatic N) is 2. The summed E-state index contributed by atoms with van der Waals surface area (Å²) in [5, 5.41) is 7.87. The minimum atomic E-state index is 0.749. The quantitative estimate of drug-likeness (QED) is 0.821. The summed E-state index contributed by atoms with van der Waals surface area (Å²) >= 11 is 0. The molecule has 0 saturated heterocycles. The van der Waals surface area contributed by atoms with Crippen LogP contribution in [0, 0.1) is 5.92 Å². The van der Waals surface area contributed by atoms with Crippen molar-refractivity contribution >= 4 is 0 Å². The van der Waals surface area contributed by atoms with E-state index in [1.165, 1.54) is 38.5 Å². The fourth-order valence-corrected chi connectivity index (χ4v) is 2.88. The molecular weight excluding hydrogens is 210 g/mol. The van der Waals surface area contributed by atoms with Gasteiger partial charge < -0.3 is 5.32 Å². The summed E-state index contributed by atoms with van der Waals surface area (Å²) in [5.41, 5.74) is 0. The Balaban J connectivity index is 1.58. The van der Waals surface area contributed by atoms with E-state index in [-0.39, 0.29) is 0 Å².